The minimum Gasteiger partial charge on any atom is 0 e. The van der Waals surface area contributed by atoms with E-state index in [-0.39, 0.29) is 83.1 Å². The van der Waals surface area contributed by atoms with E-state index in [2.05, 4.69) is 30.3 Å². The molecule has 59 heavy (non-hydrogen) atoms. The molecule has 2 atom stereocenters. The summed E-state index contributed by atoms with van der Waals surface area (Å²) in [6.45, 7) is 19.3. The van der Waals surface area contributed by atoms with Gasteiger partial charge in [0.05, 0.1) is 9.49 Å². The maximum atomic E-state index is 14.9. The third kappa shape index (κ3) is 7.16. The number of hydrogen-bond acceptors (Lipinski definition) is 5. The number of halogens is 13. The third-order valence-corrected chi connectivity index (χ3v) is 17.5. The molecule has 7 rings (SSSR count). The van der Waals surface area contributed by atoms with Crippen molar-refractivity contribution in [1.82, 2.24) is 0 Å². The largest absolute Gasteiger partial charge is 0 e. The summed E-state index contributed by atoms with van der Waals surface area (Å²) in [6, 6.07) is 0. The first-order chi connectivity index (χ1) is 25.7. The van der Waals surface area contributed by atoms with Crippen molar-refractivity contribution in [3.63, 3.8) is 0 Å². The first-order valence-electron chi connectivity index (χ1n) is 17.0. The summed E-state index contributed by atoms with van der Waals surface area (Å²) >= 11 is 7.33. The molecule has 1 radical (unpaired) electrons. The smallest absolute Gasteiger partial charge is 0 e. The average molecular weight is 1350 g/mol. The predicted molar refractivity (Wildman–Crippen MR) is 218 cm³/mol. The van der Waals surface area contributed by atoms with Crippen LogP contribution in [0.2, 0.25) is 0 Å². The number of aryl methyl sites for hydroxylation is 4. The molecule has 21 heteroatoms. The van der Waals surface area contributed by atoms with E-state index < -0.39 is 67.3 Å². The molecule has 2 aliphatic heterocycles. The molecule has 2 aromatic rings. The second-order valence-electron chi connectivity index (χ2n) is 14.8. The van der Waals surface area contributed by atoms with Crippen molar-refractivity contribution in [1.29, 1.82) is 0 Å². The van der Waals surface area contributed by atoms with Gasteiger partial charge in [0.2, 0.25) is 0 Å². The summed E-state index contributed by atoms with van der Waals surface area (Å²) in [4.78, 5) is 3.32. The van der Waals surface area contributed by atoms with Gasteiger partial charge in [-0.3, -0.25) is 0 Å². The zero-order valence-corrected chi connectivity index (χ0v) is 46.5. The molecule has 0 amide bonds. The number of thiophene rings is 2. The second-order valence-corrected chi connectivity index (χ2v) is 26.6. The Kier molecular flexibility index (Phi) is 15.8. The van der Waals surface area contributed by atoms with Gasteiger partial charge in [-0.1, -0.05) is 0 Å². The Bertz CT molecular complexity index is 2150. The van der Waals surface area contributed by atoms with E-state index in [1.54, 1.807) is 55.4 Å². The van der Waals surface area contributed by atoms with Crippen molar-refractivity contribution in [2.24, 2.45) is 0 Å². The van der Waals surface area contributed by atoms with Crippen LogP contribution in [0.4, 0.5) is 52.7 Å². The van der Waals surface area contributed by atoms with Crippen LogP contribution >= 0.6 is 76.5 Å². The maximum Gasteiger partial charge on any atom is 0 e. The molecule has 0 saturated heterocycles. The molecule has 0 N–H and O–H groups in total. The number of fused-ring (bicyclic) bond motifs is 4. The van der Waals surface area contributed by atoms with E-state index in [1.807, 2.05) is 0 Å². The van der Waals surface area contributed by atoms with Crippen molar-refractivity contribution < 1.29 is 114 Å². The van der Waals surface area contributed by atoms with Gasteiger partial charge in [-0.05, 0) is 126 Å². The molecule has 323 valence electrons. The summed E-state index contributed by atoms with van der Waals surface area (Å²) in [5, 5.41) is 0. The topological polar surface area (TPSA) is 0 Å². The molecule has 0 spiro atoms. The Morgan fingerprint density at radius 1 is 0.458 bits per heavy atom. The van der Waals surface area contributed by atoms with Crippen molar-refractivity contribution in [3.05, 3.63) is 85.0 Å². The van der Waals surface area contributed by atoms with Crippen LogP contribution in [0, 0.1) is 72.7 Å². The van der Waals surface area contributed by atoms with Crippen molar-refractivity contribution >= 4 is 87.6 Å². The zero-order chi connectivity index (χ0) is 43.9. The molecule has 1 saturated carbocycles. The molecule has 0 nitrogen and oxygen atoms in total. The minimum atomic E-state index is -5.51. The molecule has 5 aliphatic rings. The molecular formula is C38H36F12IS5UV2. The van der Waals surface area contributed by atoms with Crippen LogP contribution in [0.5, 0.6) is 0 Å². The summed E-state index contributed by atoms with van der Waals surface area (Å²) in [6.07, 6.45) is 0. The van der Waals surface area contributed by atoms with Crippen LogP contribution < -0.4 is 0 Å². The molecule has 0 bridgehead atoms. The van der Waals surface area contributed by atoms with Crippen LogP contribution in [0.1, 0.15) is 83.3 Å². The van der Waals surface area contributed by atoms with Crippen LogP contribution in [-0.2, 0) is 29.7 Å². The molecule has 2 aromatic heterocycles. The Balaban J connectivity index is 0.000000287. The normalized spacial score (nSPS) is 27.3. The Hall–Kier alpha value is 1.13. The fourth-order valence-electron chi connectivity index (χ4n) is 8.56. The van der Waals surface area contributed by atoms with E-state index in [0.717, 1.165) is 22.7 Å². The Morgan fingerprint density at radius 3 is 0.915 bits per heavy atom. The van der Waals surface area contributed by atoms with Gasteiger partial charge in [-0.15, -0.1) is 46.2 Å². The number of alkyl halides is 12. The van der Waals surface area contributed by atoms with E-state index >= 15 is 0 Å². The molecule has 2 unspecified atom stereocenters. The molecule has 4 heterocycles. The molecule has 3 aliphatic carbocycles. The number of hydrogen-bond donors (Lipinski definition) is 0. The van der Waals surface area contributed by atoms with Gasteiger partial charge in [0, 0.05) is 103 Å². The van der Waals surface area contributed by atoms with Gasteiger partial charge in [0.25, 0.3) is 0 Å². The van der Waals surface area contributed by atoms with Crippen molar-refractivity contribution in [2.75, 3.05) is 0 Å². The van der Waals surface area contributed by atoms with Crippen LogP contribution in [0.3, 0.4) is 0 Å². The molecule has 1 fully saturated rings. The van der Waals surface area contributed by atoms with E-state index in [4.69, 9.17) is 0 Å². The number of allylic oxidation sites excluding steroid dienone is 8. The average Bonchev–Trinajstić information content (AvgIpc) is 3.71. The van der Waals surface area contributed by atoms with Gasteiger partial charge in [-0.2, -0.15) is 52.7 Å². The Morgan fingerprint density at radius 2 is 0.695 bits per heavy atom. The predicted octanol–water partition coefficient (Wildman–Crippen LogP) is 16.1. The van der Waals surface area contributed by atoms with Crippen molar-refractivity contribution in [3.8, 4) is 0 Å². The first kappa shape index (κ1) is 54.5. The Labute approximate surface area is 409 Å². The number of thioether (sulfide) groups is 2. The van der Waals surface area contributed by atoms with Gasteiger partial charge >= 0.3 is 77.0 Å². The first-order valence-corrected chi connectivity index (χ1v) is 26.9. The van der Waals surface area contributed by atoms with Crippen LogP contribution in [0.25, 0.3) is 11.1 Å². The van der Waals surface area contributed by atoms with Crippen LogP contribution in [-0.4, -0.2) is 45.0 Å². The van der Waals surface area contributed by atoms with E-state index in [1.165, 1.54) is 51.2 Å². The van der Waals surface area contributed by atoms with Gasteiger partial charge in [-0.25, -0.2) is 0 Å². The quantitative estimate of drug-likeness (QED) is 0.217. The van der Waals surface area contributed by atoms with E-state index in [0.29, 0.717) is 51.6 Å². The maximum absolute atomic E-state index is 14.9. The number of rotatable bonds is 2. The zero-order valence-electron chi connectivity index (χ0n) is 33.3. The van der Waals surface area contributed by atoms with E-state index in [9.17, 15) is 52.7 Å². The standard InChI is InChI=1S/2C19H18F6S2.HI.S.U.2V/c1-7-9(3)26-15(5)11(7)13-14(12-8(2)10(4)27-16(12,15)6)18(22,23)19(24,25)17(13,20)21;1-7-9(3)26-11(5)13(7)15-16(14-8(2)10(4)27-12(14)6)18(22,23)19(24,25)17(15,20)21;;;;;/h2*1-6H3;1H;;;;/q;;;;;;+1/p-1. The fraction of sp³-hybridized carbons (Fsp3) is 0.526. The summed E-state index contributed by atoms with van der Waals surface area (Å²) in [5.74, 6) is -30.8. The molecular weight excluding hydrogens is 1310 g/mol. The summed E-state index contributed by atoms with van der Waals surface area (Å²) < 4.78 is 174. The summed E-state index contributed by atoms with van der Waals surface area (Å²) in [7, 11) is 4.47. The van der Waals surface area contributed by atoms with Crippen LogP contribution in [0.15, 0.2) is 43.2 Å². The second kappa shape index (κ2) is 17.1. The van der Waals surface area contributed by atoms with Gasteiger partial charge < -0.3 is 0 Å². The minimum absolute atomic E-state index is 0. The fourth-order valence-corrected chi connectivity index (χ4v) is 14.0. The van der Waals surface area contributed by atoms with Gasteiger partial charge in [0.1, 0.15) is 0 Å². The summed E-state index contributed by atoms with van der Waals surface area (Å²) in [5.41, 5.74) is -3.81. The van der Waals surface area contributed by atoms with Gasteiger partial charge in [0.15, 0.2) is 0 Å². The third-order valence-electron chi connectivity index (χ3n) is 11.8. The SMILES string of the molecule is CC1=C(C)C2=C3C(=C4C(C)=C(C)SC4(C)C2(C)S1)C(F)(F)C(F)(F)C3(F)F.Cc1sc(C)c(C2=C(c3c(C)sc(C)c3C)C(F)(F)C(F)(F)C2(F)F)c1C.[S]=[V][I].[U].[V]. The molecule has 0 aromatic carbocycles. The van der Waals surface area contributed by atoms with Crippen molar-refractivity contribution in [2.45, 2.75) is 128 Å². The monoisotopic (exact) mass is 1350 g/mol.